The largest absolute Gasteiger partial charge is 0.352 e. The van der Waals surface area contributed by atoms with Crippen molar-refractivity contribution in [3.05, 3.63) is 94.0 Å². The van der Waals surface area contributed by atoms with E-state index in [0.717, 1.165) is 16.3 Å². The summed E-state index contributed by atoms with van der Waals surface area (Å²) < 4.78 is 29.0. The molecule has 0 spiro atoms. The van der Waals surface area contributed by atoms with Crippen LogP contribution in [0.2, 0.25) is 10.0 Å². The predicted molar refractivity (Wildman–Crippen MR) is 170 cm³/mol. The van der Waals surface area contributed by atoms with Crippen molar-refractivity contribution in [2.45, 2.75) is 76.9 Å². The Morgan fingerprint density at radius 1 is 0.857 bits per heavy atom. The number of rotatable bonds is 13. The molecule has 0 aliphatic carbocycles. The van der Waals surface area contributed by atoms with E-state index in [1.165, 1.54) is 17.0 Å². The molecule has 0 unspecified atom stereocenters. The monoisotopic (exact) mass is 631 g/mol. The Hall–Kier alpha value is -3.07. The predicted octanol–water partition coefficient (Wildman–Crippen LogP) is 7.03. The molecule has 3 aromatic carbocycles. The third-order valence-electron chi connectivity index (χ3n) is 7.18. The molecule has 0 bridgehead atoms. The van der Waals surface area contributed by atoms with E-state index in [4.69, 9.17) is 23.2 Å². The first-order valence-electron chi connectivity index (χ1n) is 14.1. The fraction of sp³-hybridized carbons (Fsp3) is 0.375. The van der Waals surface area contributed by atoms with Gasteiger partial charge < -0.3 is 10.2 Å². The highest BCUT2D eigenvalue weighted by molar-refractivity contribution is 7.92. The van der Waals surface area contributed by atoms with Crippen molar-refractivity contribution in [2.75, 3.05) is 10.8 Å². The van der Waals surface area contributed by atoms with Crippen molar-refractivity contribution in [1.29, 1.82) is 0 Å². The molecular formula is C32H39Cl2N3O4S. The maximum atomic E-state index is 14.2. The lowest BCUT2D eigenvalue weighted by Crippen LogP contribution is -2.53. The fourth-order valence-corrected chi connectivity index (χ4v) is 6.23. The first-order valence-corrected chi connectivity index (χ1v) is 16.3. The van der Waals surface area contributed by atoms with Gasteiger partial charge in [0.05, 0.1) is 20.6 Å². The minimum atomic E-state index is -4.13. The number of nitrogens with one attached hydrogen (secondary N) is 1. The van der Waals surface area contributed by atoms with Gasteiger partial charge in [-0.15, -0.1) is 0 Å². The minimum Gasteiger partial charge on any atom is -0.352 e. The van der Waals surface area contributed by atoms with Crippen LogP contribution in [0, 0.1) is 0 Å². The van der Waals surface area contributed by atoms with Crippen LogP contribution in [0.4, 0.5) is 5.69 Å². The quantitative estimate of drug-likeness (QED) is 0.219. The number of halogens is 2. The second-order valence-electron chi connectivity index (χ2n) is 10.6. The molecule has 0 radical (unpaired) electrons. The van der Waals surface area contributed by atoms with Gasteiger partial charge in [0.2, 0.25) is 11.8 Å². The van der Waals surface area contributed by atoms with Crippen LogP contribution in [0.15, 0.2) is 77.7 Å². The van der Waals surface area contributed by atoms with Crippen molar-refractivity contribution in [1.82, 2.24) is 10.2 Å². The average molecular weight is 633 g/mol. The Labute approximate surface area is 259 Å². The molecule has 2 atom stereocenters. The lowest BCUT2D eigenvalue weighted by molar-refractivity contribution is -0.140. The SMILES string of the molecule is CC[C@@H](C)NC(=O)[C@@H](CC)N(Cc1ccc(Cl)c(Cl)c1)C(=O)CN(c1ccc(C(C)C)cc1)S(=O)(=O)c1ccccc1. The molecule has 2 amide bonds. The van der Waals surface area contributed by atoms with Gasteiger partial charge in [0.15, 0.2) is 0 Å². The van der Waals surface area contributed by atoms with Crippen LogP contribution in [-0.2, 0) is 26.2 Å². The number of amides is 2. The molecular weight excluding hydrogens is 593 g/mol. The summed E-state index contributed by atoms with van der Waals surface area (Å²) in [5.41, 5.74) is 2.05. The van der Waals surface area contributed by atoms with Crippen LogP contribution < -0.4 is 9.62 Å². The van der Waals surface area contributed by atoms with Crippen molar-refractivity contribution in [3.63, 3.8) is 0 Å². The third-order valence-corrected chi connectivity index (χ3v) is 9.71. The highest BCUT2D eigenvalue weighted by atomic mass is 35.5. The summed E-state index contributed by atoms with van der Waals surface area (Å²) in [5.74, 6) is -0.588. The Morgan fingerprint density at radius 2 is 1.50 bits per heavy atom. The van der Waals surface area contributed by atoms with Crippen molar-refractivity contribution in [2.24, 2.45) is 0 Å². The molecule has 0 saturated heterocycles. The lowest BCUT2D eigenvalue weighted by Gasteiger charge is -2.34. The smallest absolute Gasteiger partial charge is 0.264 e. The van der Waals surface area contributed by atoms with Gasteiger partial charge in [0.1, 0.15) is 12.6 Å². The maximum Gasteiger partial charge on any atom is 0.264 e. The van der Waals surface area contributed by atoms with Crippen LogP contribution in [0.3, 0.4) is 0 Å². The standard InChI is InChI=1S/C32H39Cl2N3O4S/c1-6-23(5)35-32(39)30(7-2)36(20-24-13-18-28(33)29(34)19-24)31(38)21-37(26-16-14-25(15-17-26)22(3)4)42(40,41)27-11-9-8-10-12-27/h8-19,22-23,30H,6-7,20-21H2,1-5H3,(H,35,39)/t23-,30-/m1/s1. The Bertz CT molecular complexity index is 1460. The maximum absolute atomic E-state index is 14.2. The second-order valence-corrected chi connectivity index (χ2v) is 13.3. The molecule has 3 aromatic rings. The number of carbonyl (C=O) groups is 2. The number of anilines is 1. The van der Waals surface area contributed by atoms with Gasteiger partial charge >= 0.3 is 0 Å². The molecule has 0 saturated carbocycles. The van der Waals surface area contributed by atoms with E-state index in [0.29, 0.717) is 27.7 Å². The van der Waals surface area contributed by atoms with Crippen molar-refractivity contribution < 1.29 is 18.0 Å². The van der Waals surface area contributed by atoms with Gasteiger partial charge in [-0.25, -0.2) is 8.42 Å². The first kappa shape index (κ1) is 33.4. The summed E-state index contributed by atoms with van der Waals surface area (Å²) in [6.07, 6.45) is 1.04. The van der Waals surface area contributed by atoms with E-state index in [1.54, 1.807) is 48.5 Å². The number of benzene rings is 3. The van der Waals surface area contributed by atoms with E-state index in [9.17, 15) is 18.0 Å². The van der Waals surface area contributed by atoms with Crippen LogP contribution in [0.5, 0.6) is 0 Å². The van der Waals surface area contributed by atoms with Crippen molar-refractivity contribution in [3.8, 4) is 0 Å². The molecule has 0 aromatic heterocycles. The van der Waals surface area contributed by atoms with Crippen LogP contribution in [-0.4, -0.2) is 43.8 Å². The van der Waals surface area contributed by atoms with Gasteiger partial charge in [-0.2, -0.15) is 0 Å². The summed E-state index contributed by atoms with van der Waals surface area (Å²) in [4.78, 5) is 29.1. The number of carbonyl (C=O) groups excluding carboxylic acids is 2. The summed E-state index contributed by atoms with van der Waals surface area (Å²) in [6.45, 7) is 9.30. The normalized spacial score (nSPS) is 13.0. The van der Waals surface area contributed by atoms with Crippen LogP contribution >= 0.6 is 23.2 Å². The minimum absolute atomic E-state index is 0.0354. The Kier molecular flexibility index (Phi) is 11.9. The first-order chi connectivity index (χ1) is 19.9. The van der Waals surface area contributed by atoms with Gasteiger partial charge in [-0.3, -0.25) is 13.9 Å². The second kappa shape index (κ2) is 14.9. The van der Waals surface area contributed by atoms with E-state index in [2.05, 4.69) is 5.32 Å². The van der Waals surface area contributed by atoms with E-state index in [1.807, 2.05) is 46.8 Å². The molecule has 10 heteroatoms. The molecule has 7 nitrogen and oxygen atoms in total. The van der Waals surface area contributed by atoms with Crippen LogP contribution in [0.1, 0.15) is 64.5 Å². The van der Waals surface area contributed by atoms with Gasteiger partial charge in [0, 0.05) is 12.6 Å². The van der Waals surface area contributed by atoms with E-state index >= 15 is 0 Å². The lowest BCUT2D eigenvalue weighted by atomic mass is 10.0. The topological polar surface area (TPSA) is 86.8 Å². The fourth-order valence-electron chi connectivity index (χ4n) is 4.47. The summed E-state index contributed by atoms with van der Waals surface area (Å²) in [7, 11) is -4.13. The van der Waals surface area contributed by atoms with Gasteiger partial charge in [-0.1, -0.05) is 87.3 Å². The molecule has 3 rings (SSSR count). The van der Waals surface area contributed by atoms with E-state index in [-0.39, 0.29) is 29.3 Å². The average Bonchev–Trinajstić information content (AvgIpc) is 2.97. The Morgan fingerprint density at radius 3 is 2.05 bits per heavy atom. The molecule has 0 aliphatic heterocycles. The number of hydrogen-bond donors (Lipinski definition) is 1. The highest BCUT2D eigenvalue weighted by Crippen LogP contribution is 2.28. The number of sulfonamides is 1. The highest BCUT2D eigenvalue weighted by Gasteiger charge is 2.34. The number of hydrogen-bond acceptors (Lipinski definition) is 4. The van der Waals surface area contributed by atoms with E-state index < -0.39 is 28.5 Å². The third kappa shape index (κ3) is 8.27. The summed E-state index contributed by atoms with van der Waals surface area (Å²) in [6, 6.07) is 19.2. The zero-order chi connectivity index (χ0) is 31.0. The molecule has 0 aliphatic rings. The molecule has 0 heterocycles. The van der Waals surface area contributed by atoms with Gasteiger partial charge in [-0.05, 0) is 73.2 Å². The number of nitrogens with zero attached hydrogens (tertiary/aromatic N) is 2. The van der Waals surface area contributed by atoms with Gasteiger partial charge in [0.25, 0.3) is 10.0 Å². The molecule has 226 valence electrons. The van der Waals surface area contributed by atoms with Crippen molar-refractivity contribution >= 4 is 50.7 Å². The Balaban J connectivity index is 2.08. The zero-order valence-corrected chi connectivity index (χ0v) is 27.0. The van der Waals surface area contributed by atoms with Crippen LogP contribution in [0.25, 0.3) is 0 Å². The summed E-state index contributed by atoms with van der Waals surface area (Å²) >= 11 is 12.4. The molecule has 42 heavy (non-hydrogen) atoms. The molecule has 0 fully saturated rings. The summed E-state index contributed by atoms with van der Waals surface area (Å²) in [5, 5.41) is 3.65. The zero-order valence-electron chi connectivity index (χ0n) is 24.7. The molecule has 1 N–H and O–H groups in total.